The summed E-state index contributed by atoms with van der Waals surface area (Å²) in [4.78, 5) is 45.8. The molecule has 306 valence electrons. The Morgan fingerprint density at radius 2 is 1.06 bits per heavy atom. The van der Waals surface area contributed by atoms with Crippen molar-refractivity contribution in [1.82, 2.24) is 5.32 Å². The molecule has 0 saturated carbocycles. The number of ether oxygens (including phenoxy) is 1. The highest BCUT2D eigenvalue weighted by Crippen LogP contribution is 2.43. The number of aliphatic carboxylic acids is 1. The highest BCUT2D eigenvalue weighted by Gasteiger charge is 2.28. The van der Waals surface area contributed by atoms with Crippen molar-refractivity contribution in [1.29, 1.82) is 0 Å². The van der Waals surface area contributed by atoms with Gasteiger partial charge in [-0.25, -0.2) is 9.36 Å². The van der Waals surface area contributed by atoms with Crippen LogP contribution in [0.3, 0.4) is 0 Å². The highest BCUT2D eigenvalue weighted by molar-refractivity contribution is 7.47. The molecule has 3 unspecified atom stereocenters. The number of nitrogens with one attached hydrogen (secondary N) is 1. The van der Waals surface area contributed by atoms with Gasteiger partial charge >= 0.3 is 19.8 Å². The summed E-state index contributed by atoms with van der Waals surface area (Å²) >= 11 is 0. The summed E-state index contributed by atoms with van der Waals surface area (Å²) in [5.41, 5.74) is 0. The molecule has 1 amide bonds. The molecule has 0 aliphatic heterocycles. The van der Waals surface area contributed by atoms with Crippen molar-refractivity contribution in [3.63, 3.8) is 0 Å². The molecular formula is C41H72NO10P. The quantitative estimate of drug-likeness (QED) is 0.0207. The fraction of sp³-hybridized carbons (Fsp3) is 0.732. The van der Waals surface area contributed by atoms with Gasteiger partial charge in [-0.1, -0.05) is 127 Å². The number of esters is 1. The number of carbonyl (C=O) groups excluding carboxylic acids is 2. The number of phosphoric acid groups is 1. The van der Waals surface area contributed by atoms with Crippen molar-refractivity contribution in [3.8, 4) is 0 Å². The Balaban J connectivity index is 3.99. The molecule has 0 rings (SSSR count). The standard InChI is InChI=1S/C41H72NO10P/c1-3-5-7-9-11-13-15-17-19-20-22-24-26-28-30-32-39(44)42-38(41(46)47)36-52-53(48,49)51-35-37(43)34-50-40(45)33-31-29-27-25-23-21-18-16-14-12-10-8-6-4-2/h10-13,16-19,37-38,43H,3-9,14-15,20-36H2,1-2H3,(H,42,44)(H,46,47)(H,48,49)/b12-10-,13-11-,18-16-,19-17-. The van der Waals surface area contributed by atoms with E-state index in [4.69, 9.17) is 13.8 Å². The van der Waals surface area contributed by atoms with Crippen LogP contribution in [0, 0.1) is 0 Å². The lowest BCUT2D eigenvalue weighted by Gasteiger charge is -2.18. The molecule has 0 aromatic heterocycles. The number of carboxylic acid groups (broad SMARTS) is 1. The van der Waals surface area contributed by atoms with Crippen LogP contribution >= 0.6 is 7.82 Å². The van der Waals surface area contributed by atoms with Crippen LogP contribution in [0.5, 0.6) is 0 Å². The molecule has 0 saturated heterocycles. The van der Waals surface area contributed by atoms with Crippen LogP contribution in [0.2, 0.25) is 0 Å². The molecule has 53 heavy (non-hydrogen) atoms. The summed E-state index contributed by atoms with van der Waals surface area (Å²) < 4.78 is 26.7. The number of phosphoric ester groups is 1. The van der Waals surface area contributed by atoms with Crippen LogP contribution in [-0.4, -0.2) is 64.9 Å². The van der Waals surface area contributed by atoms with E-state index in [1.54, 1.807) is 0 Å². The van der Waals surface area contributed by atoms with E-state index in [0.29, 0.717) is 12.8 Å². The van der Waals surface area contributed by atoms with Crippen molar-refractivity contribution >= 4 is 25.7 Å². The Morgan fingerprint density at radius 1 is 0.604 bits per heavy atom. The maximum atomic E-state index is 12.3. The third-order valence-electron chi connectivity index (χ3n) is 8.34. The summed E-state index contributed by atoms with van der Waals surface area (Å²) in [5, 5.41) is 21.8. The van der Waals surface area contributed by atoms with E-state index in [2.05, 4.69) is 67.8 Å². The number of amides is 1. The summed E-state index contributed by atoms with van der Waals surface area (Å²) in [7, 11) is -4.76. The third kappa shape index (κ3) is 36.2. The van der Waals surface area contributed by atoms with E-state index in [1.165, 1.54) is 32.1 Å². The first-order valence-corrected chi connectivity index (χ1v) is 21.7. The van der Waals surface area contributed by atoms with Crippen LogP contribution in [0.1, 0.15) is 162 Å². The van der Waals surface area contributed by atoms with E-state index >= 15 is 0 Å². The number of carbonyl (C=O) groups is 3. The second-order valence-corrected chi connectivity index (χ2v) is 14.9. The zero-order chi connectivity index (χ0) is 39.3. The van der Waals surface area contributed by atoms with Gasteiger partial charge < -0.3 is 25.2 Å². The minimum Gasteiger partial charge on any atom is -0.480 e. The minimum absolute atomic E-state index is 0.127. The minimum atomic E-state index is -4.76. The topological polar surface area (TPSA) is 169 Å². The van der Waals surface area contributed by atoms with Crippen LogP contribution in [-0.2, 0) is 32.7 Å². The van der Waals surface area contributed by atoms with E-state index in [-0.39, 0.29) is 12.8 Å². The first-order chi connectivity index (χ1) is 25.6. The third-order valence-corrected chi connectivity index (χ3v) is 9.29. The normalized spacial score (nSPS) is 14.3. The van der Waals surface area contributed by atoms with Crippen LogP contribution in [0.15, 0.2) is 48.6 Å². The molecule has 4 N–H and O–H groups in total. The van der Waals surface area contributed by atoms with Gasteiger partial charge in [0.1, 0.15) is 12.7 Å². The zero-order valence-electron chi connectivity index (χ0n) is 32.8. The summed E-state index contributed by atoms with van der Waals surface area (Å²) in [6.45, 7) is 2.48. The molecule has 0 fully saturated rings. The van der Waals surface area contributed by atoms with E-state index in [1.807, 2.05) is 0 Å². The van der Waals surface area contributed by atoms with Crippen LogP contribution < -0.4 is 5.32 Å². The predicted molar refractivity (Wildman–Crippen MR) is 212 cm³/mol. The first-order valence-electron chi connectivity index (χ1n) is 20.2. The lowest BCUT2D eigenvalue weighted by atomic mass is 10.1. The monoisotopic (exact) mass is 769 g/mol. The number of unbranched alkanes of at least 4 members (excludes halogenated alkanes) is 15. The maximum absolute atomic E-state index is 12.3. The molecule has 0 aromatic rings. The lowest BCUT2D eigenvalue weighted by molar-refractivity contribution is -0.147. The average Bonchev–Trinajstić information content (AvgIpc) is 3.13. The summed E-state index contributed by atoms with van der Waals surface area (Å²) in [6, 6.07) is -1.56. The Labute approximate surface area is 320 Å². The van der Waals surface area contributed by atoms with E-state index in [9.17, 15) is 34.1 Å². The van der Waals surface area contributed by atoms with E-state index < -0.39 is 57.6 Å². The molecule has 0 aliphatic rings. The Morgan fingerprint density at radius 3 is 1.58 bits per heavy atom. The van der Waals surface area contributed by atoms with Gasteiger partial charge in [0.15, 0.2) is 6.04 Å². The molecule has 0 heterocycles. The van der Waals surface area contributed by atoms with Gasteiger partial charge in [0.05, 0.1) is 13.2 Å². The molecule has 0 aliphatic carbocycles. The zero-order valence-corrected chi connectivity index (χ0v) is 33.7. The smallest absolute Gasteiger partial charge is 0.472 e. The van der Waals surface area contributed by atoms with Crippen molar-refractivity contribution in [2.45, 2.75) is 174 Å². The summed E-state index contributed by atoms with van der Waals surface area (Å²) in [6.07, 6.45) is 38.5. The molecule has 3 atom stereocenters. The predicted octanol–water partition coefficient (Wildman–Crippen LogP) is 9.83. The van der Waals surface area contributed by atoms with Gasteiger partial charge in [-0.3, -0.25) is 18.6 Å². The molecule has 0 aromatic carbocycles. The van der Waals surface area contributed by atoms with Gasteiger partial charge in [-0.15, -0.1) is 0 Å². The number of aliphatic hydroxyl groups excluding tert-OH is 1. The molecule has 11 nitrogen and oxygen atoms in total. The fourth-order valence-electron chi connectivity index (χ4n) is 5.12. The van der Waals surface area contributed by atoms with E-state index in [0.717, 1.165) is 89.9 Å². The second kappa shape index (κ2) is 36.4. The van der Waals surface area contributed by atoms with Crippen LogP contribution in [0.25, 0.3) is 0 Å². The molecule has 12 heteroatoms. The lowest BCUT2D eigenvalue weighted by Crippen LogP contribution is -2.43. The Hall–Kier alpha value is -2.56. The van der Waals surface area contributed by atoms with Gasteiger partial charge in [0.25, 0.3) is 0 Å². The molecule has 0 bridgehead atoms. The molecular weight excluding hydrogens is 697 g/mol. The SMILES string of the molecule is CCCC/C=C\C/C=C\CCCCCCCC(=O)OCC(O)COP(=O)(O)OCC(NC(=O)CCCCCCC/C=C\C/C=C\CCCCC)C(=O)O. The highest BCUT2D eigenvalue weighted by atomic mass is 31.2. The van der Waals surface area contributed by atoms with Gasteiger partial charge in [-0.05, 0) is 70.6 Å². The largest absolute Gasteiger partial charge is 0.480 e. The Bertz CT molecular complexity index is 1090. The number of rotatable bonds is 37. The van der Waals surface area contributed by atoms with Gasteiger partial charge in [0.2, 0.25) is 5.91 Å². The first kappa shape index (κ1) is 50.4. The average molecular weight is 770 g/mol. The molecule has 0 spiro atoms. The Kier molecular flexibility index (Phi) is 34.7. The van der Waals surface area contributed by atoms with Crippen LogP contribution in [0.4, 0.5) is 0 Å². The van der Waals surface area contributed by atoms with Crippen molar-refractivity contribution in [2.75, 3.05) is 19.8 Å². The van der Waals surface area contributed by atoms with Crippen molar-refractivity contribution < 1.29 is 47.8 Å². The fourth-order valence-corrected chi connectivity index (χ4v) is 5.90. The number of hydrogen-bond donors (Lipinski definition) is 4. The number of hydrogen-bond acceptors (Lipinski definition) is 8. The number of allylic oxidation sites excluding steroid dienone is 8. The molecule has 0 radical (unpaired) electrons. The maximum Gasteiger partial charge on any atom is 0.472 e. The number of aliphatic hydroxyl groups is 1. The van der Waals surface area contributed by atoms with Crippen molar-refractivity contribution in [3.05, 3.63) is 48.6 Å². The van der Waals surface area contributed by atoms with Crippen molar-refractivity contribution in [2.24, 2.45) is 0 Å². The van der Waals surface area contributed by atoms with Gasteiger partial charge in [-0.2, -0.15) is 0 Å². The summed E-state index contributed by atoms with van der Waals surface area (Å²) in [5.74, 6) is -2.41. The number of carboxylic acids is 1. The van der Waals surface area contributed by atoms with Gasteiger partial charge in [0, 0.05) is 12.8 Å². The second-order valence-electron chi connectivity index (χ2n) is 13.5.